The van der Waals surface area contributed by atoms with Gasteiger partial charge >= 0.3 is 0 Å². The summed E-state index contributed by atoms with van der Waals surface area (Å²) in [6.45, 7) is 3.38. The Bertz CT molecular complexity index is 778. The molecular weight excluding hydrogens is 284 g/mol. The van der Waals surface area contributed by atoms with Crippen LogP contribution >= 0.6 is 0 Å². The number of hydrogen-bond donors (Lipinski definition) is 3. The Balaban J connectivity index is 2.38. The molecule has 0 spiro atoms. The molecule has 0 atom stereocenters. The summed E-state index contributed by atoms with van der Waals surface area (Å²) >= 11 is 0. The van der Waals surface area contributed by atoms with Crippen molar-refractivity contribution in [2.24, 2.45) is 5.73 Å². The number of rotatable bonds is 5. The number of hydrogen-bond acceptors (Lipinski definition) is 5. The summed E-state index contributed by atoms with van der Waals surface area (Å²) < 4.78 is 5.48. The fourth-order valence-electron chi connectivity index (χ4n) is 1.78. The van der Waals surface area contributed by atoms with Gasteiger partial charge in [-0.15, -0.1) is 0 Å². The van der Waals surface area contributed by atoms with Gasteiger partial charge in [0.15, 0.2) is 0 Å². The topological polar surface area (TPSA) is 125 Å². The lowest BCUT2D eigenvalue weighted by Gasteiger charge is -2.17. The van der Waals surface area contributed by atoms with Crippen LogP contribution in [0.2, 0.25) is 0 Å². The number of carbonyl (C=O) groups excluding carboxylic acids is 1. The highest BCUT2D eigenvalue weighted by atomic mass is 16.5. The second-order valence-corrected chi connectivity index (χ2v) is 5.45. The summed E-state index contributed by atoms with van der Waals surface area (Å²) in [6.07, 6.45) is 4.54. The van der Waals surface area contributed by atoms with E-state index in [1.165, 1.54) is 12.3 Å². The number of aromatic amines is 1. The van der Waals surface area contributed by atoms with Crippen LogP contribution in [0, 0.1) is 11.3 Å². The molecule has 0 aliphatic heterocycles. The van der Waals surface area contributed by atoms with Crippen molar-refractivity contribution in [3.8, 4) is 11.8 Å². The van der Waals surface area contributed by atoms with Gasteiger partial charge in [0, 0.05) is 17.1 Å². The number of primary amides is 1. The van der Waals surface area contributed by atoms with Gasteiger partial charge in [0.1, 0.15) is 29.6 Å². The van der Waals surface area contributed by atoms with Crippen LogP contribution in [-0.4, -0.2) is 33.2 Å². The average Bonchev–Trinajstić information content (AvgIpc) is 2.83. The van der Waals surface area contributed by atoms with Gasteiger partial charge in [-0.3, -0.25) is 4.79 Å². The largest absolute Gasteiger partial charge is 0.489 e. The first kappa shape index (κ1) is 15.5. The number of pyridine rings is 1. The van der Waals surface area contributed by atoms with Crippen molar-refractivity contribution < 1.29 is 14.6 Å². The molecule has 2 heterocycles. The van der Waals surface area contributed by atoms with Crippen molar-refractivity contribution in [1.82, 2.24) is 9.97 Å². The van der Waals surface area contributed by atoms with Crippen molar-refractivity contribution in [3.05, 3.63) is 29.6 Å². The second kappa shape index (κ2) is 5.87. The summed E-state index contributed by atoms with van der Waals surface area (Å²) in [4.78, 5) is 18.2. The molecule has 2 rings (SSSR count). The van der Waals surface area contributed by atoms with E-state index in [9.17, 15) is 9.90 Å². The molecular formula is C15H16N4O3. The monoisotopic (exact) mass is 300 g/mol. The second-order valence-electron chi connectivity index (χ2n) is 5.45. The van der Waals surface area contributed by atoms with Gasteiger partial charge in [-0.05, 0) is 26.0 Å². The number of nitrogens with zero attached hydrogens (tertiary/aromatic N) is 2. The third-order valence-corrected chi connectivity index (χ3v) is 2.82. The van der Waals surface area contributed by atoms with Crippen molar-refractivity contribution in [2.45, 2.75) is 19.4 Å². The van der Waals surface area contributed by atoms with E-state index in [4.69, 9.17) is 15.7 Å². The van der Waals surface area contributed by atoms with E-state index >= 15 is 0 Å². The highest BCUT2D eigenvalue weighted by Crippen LogP contribution is 2.24. The maximum absolute atomic E-state index is 11.1. The van der Waals surface area contributed by atoms with Crippen molar-refractivity contribution in [1.29, 1.82) is 5.26 Å². The fraction of sp³-hybridized carbons (Fsp3) is 0.267. The number of aromatic nitrogens is 2. The Kier molecular flexibility index (Phi) is 4.15. The third-order valence-electron chi connectivity index (χ3n) is 2.82. The molecule has 0 aromatic carbocycles. The lowest BCUT2D eigenvalue weighted by molar-refractivity contribution is -0.114. The molecule has 0 saturated heterocycles. The molecule has 7 nitrogen and oxygen atoms in total. The Morgan fingerprint density at radius 2 is 2.36 bits per heavy atom. The summed E-state index contributed by atoms with van der Waals surface area (Å²) in [5, 5.41) is 19.3. The number of nitriles is 1. The lowest BCUT2D eigenvalue weighted by atomic mass is 10.1. The van der Waals surface area contributed by atoms with Gasteiger partial charge in [0.05, 0.1) is 11.8 Å². The quantitative estimate of drug-likeness (QED) is 0.563. The molecule has 0 unspecified atom stereocenters. The minimum atomic E-state index is -0.963. The predicted molar refractivity (Wildman–Crippen MR) is 80.7 cm³/mol. The molecule has 22 heavy (non-hydrogen) atoms. The number of nitrogens with two attached hydrogens (primary N) is 1. The zero-order chi connectivity index (χ0) is 16.3. The first-order chi connectivity index (χ1) is 10.3. The van der Waals surface area contributed by atoms with Gasteiger partial charge < -0.3 is 20.6 Å². The normalized spacial score (nSPS) is 12.2. The number of nitrogens with one attached hydrogen (secondary N) is 1. The lowest BCUT2D eigenvalue weighted by Crippen LogP contribution is -2.27. The van der Waals surface area contributed by atoms with Crippen LogP contribution in [0.1, 0.15) is 19.4 Å². The van der Waals surface area contributed by atoms with E-state index in [-0.39, 0.29) is 12.2 Å². The smallest absolute Gasteiger partial charge is 0.259 e. The van der Waals surface area contributed by atoms with E-state index in [2.05, 4.69) is 9.97 Å². The standard InChI is InChI=1S/C15H16N4O3/c1-15(2,21)8-22-11-4-12-10(3-9(5-16)13(17)20)6-18-14(12)19-7-11/h3-4,6-7,21H,8H2,1-2H3,(H2,17,20)(H,18,19)/b9-3+. The summed E-state index contributed by atoms with van der Waals surface area (Å²) in [7, 11) is 0. The molecule has 7 heteroatoms. The molecule has 2 aromatic rings. The van der Waals surface area contributed by atoms with Gasteiger partial charge in [-0.2, -0.15) is 5.26 Å². The summed E-state index contributed by atoms with van der Waals surface area (Å²) in [5.74, 6) is -0.319. The molecule has 0 saturated carbocycles. The molecule has 0 bridgehead atoms. The number of ether oxygens (including phenoxy) is 1. The highest BCUT2D eigenvalue weighted by Gasteiger charge is 2.14. The van der Waals surface area contributed by atoms with Crippen LogP contribution in [0.5, 0.6) is 5.75 Å². The number of aliphatic hydroxyl groups is 1. The fourth-order valence-corrected chi connectivity index (χ4v) is 1.78. The number of H-pyrrole nitrogens is 1. The molecule has 0 aliphatic carbocycles. The van der Waals surface area contributed by atoms with Crippen LogP contribution in [0.4, 0.5) is 0 Å². The number of amides is 1. The Morgan fingerprint density at radius 3 is 2.95 bits per heavy atom. The van der Waals surface area contributed by atoms with Crippen LogP contribution in [0.3, 0.4) is 0 Å². The Morgan fingerprint density at radius 1 is 1.64 bits per heavy atom. The zero-order valence-corrected chi connectivity index (χ0v) is 12.3. The highest BCUT2D eigenvalue weighted by molar-refractivity contribution is 6.02. The molecule has 2 aromatic heterocycles. The molecule has 0 fully saturated rings. The summed E-state index contributed by atoms with van der Waals surface area (Å²) in [6, 6.07) is 3.47. The molecule has 0 aliphatic rings. The van der Waals surface area contributed by atoms with Crippen molar-refractivity contribution in [2.75, 3.05) is 6.61 Å². The number of fused-ring (bicyclic) bond motifs is 1. The molecule has 0 radical (unpaired) electrons. The zero-order valence-electron chi connectivity index (χ0n) is 12.3. The Hall–Kier alpha value is -2.85. The predicted octanol–water partition coefficient (Wildman–Crippen LogP) is 1.10. The van der Waals surface area contributed by atoms with Gasteiger partial charge in [-0.25, -0.2) is 4.98 Å². The maximum atomic E-state index is 11.1. The van der Waals surface area contributed by atoms with Crippen LogP contribution < -0.4 is 10.5 Å². The van der Waals surface area contributed by atoms with Gasteiger partial charge in [0.2, 0.25) is 0 Å². The molecule has 1 amide bonds. The van der Waals surface area contributed by atoms with E-state index in [1.54, 1.807) is 32.2 Å². The SMILES string of the molecule is CC(C)(O)COc1cnc2[nH]cc(/C=C(\C#N)C(N)=O)c2c1. The van der Waals surface area contributed by atoms with E-state index in [0.717, 1.165) is 0 Å². The van der Waals surface area contributed by atoms with Crippen molar-refractivity contribution in [3.63, 3.8) is 0 Å². The van der Waals surface area contributed by atoms with E-state index in [0.29, 0.717) is 22.3 Å². The van der Waals surface area contributed by atoms with Crippen LogP contribution in [0.25, 0.3) is 17.1 Å². The minimum absolute atomic E-state index is 0.112. The summed E-state index contributed by atoms with van der Waals surface area (Å²) in [5.41, 5.74) is 5.20. The molecule has 114 valence electrons. The maximum Gasteiger partial charge on any atom is 0.259 e. The Labute approximate surface area is 127 Å². The van der Waals surface area contributed by atoms with Crippen LogP contribution in [0.15, 0.2) is 24.0 Å². The third kappa shape index (κ3) is 3.62. The van der Waals surface area contributed by atoms with E-state index in [1.807, 2.05) is 0 Å². The van der Waals surface area contributed by atoms with Gasteiger partial charge in [-0.1, -0.05) is 0 Å². The van der Waals surface area contributed by atoms with Crippen LogP contribution in [-0.2, 0) is 4.79 Å². The average molecular weight is 300 g/mol. The van der Waals surface area contributed by atoms with Crippen molar-refractivity contribution >= 4 is 23.0 Å². The number of carbonyl (C=O) groups is 1. The first-order valence-corrected chi connectivity index (χ1v) is 6.54. The van der Waals surface area contributed by atoms with Gasteiger partial charge in [0.25, 0.3) is 5.91 Å². The van der Waals surface area contributed by atoms with E-state index < -0.39 is 11.5 Å². The first-order valence-electron chi connectivity index (χ1n) is 6.54. The molecule has 4 N–H and O–H groups in total. The minimum Gasteiger partial charge on any atom is -0.489 e.